The van der Waals surface area contributed by atoms with Crippen molar-refractivity contribution in [2.75, 3.05) is 5.32 Å². The molecule has 2 aromatic rings. The van der Waals surface area contributed by atoms with Crippen LogP contribution in [0.2, 0.25) is 0 Å². The number of ether oxygens (including phenoxy) is 2. The van der Waals surface area contributed by atoms with E-state index in [1.807, 2.05) is 50.2 Å². The molecule has 0 radical (unpaired) electrons. The van der Waals surface area contributed by atoms with E-state index in [9.17, 15) is 0 Å². The second kappa shape index (κ2) is 9.42. The van der Waals surface area contributed by atoms with E-state index >= 15 is 0 Å². The first kappa shape index (κ1) is 20.8. The van der Waals surface area contributed by atoms with E-state index in [1.54, 1.807) is 0 Å². The molecule has 0 aliphatic rings. The molecule has 0 spiro atoms. The third-order valence-electron chi connectivity index (χ3n) is 3.59. The summed E-state index contributed by atoms with van der Waals surface area (Å²) in [7, 11) is 0. The van der Waals surface area contributed by atoms with E-state index in [-0.39, 0.29) is 11.7 Å². The Morgan fingerprint density at radius 3 is 2.37 bits per heavy atom. The second-order valence-electron chi connectivity index (χ2n) is 7.74. The summed E-state index contributed by atoms with van der Waals surface area (Å²) < 4.78 is 11.5. The molecule has 3 N–H and O–H groups in total. The second-order valence-corrected chi connectivity index (χ2v) is 7.74. The molecule has 27 heavy (non-hydrogen) atoms. The van der Waals surface area contributed by atoms with Gasteiger partial charge in [-0.25, -0.2) is 4.99 Å². The lowest BCUT2D eigenvalue weighted by atomic mass is 10.1. The molecule has 2 rings (SSSR count). The van der Waals surface area contributed by atoms with Crippen molar-refractivity contribution >= 4 is 11.6 Å². The van der Waals surface area contributed by atoms with Gasteiger partial charge in [0.2, 0.25) is 0 Å². The molecular formula is C22H31N3O2. The highest BCUT2D eigenvalue weighted by Gasteiger charge is 2.10. The molecule has 0 aromatic heterocycles. The van der Waals surface area contributed by atoms with Gasteiger partial charge in [0.15, 0.2) is 5.96 Å². The Labute approximate surface area is 162 Å². The van der Waals surface area contributed by atoms with Crippen molar-refractivity contribution in [3.63, 3.8) is 0 Å². The molecule has 0 fully saturated rings. The number of hydrogen-bond acceptors (Lipinski definition) is 3. The van der Waals surface area contributed by atoms with E-state index in [4.69, 9.17) is 15.2 Å². The van der Waals surface area contributed by atoms with Crippen LogP contribution in [0.25, 0.3) is 0 Å². The van der Waals surface area contributed by atoms with Crippen LogP contribution in [-0.4, -0.2) is 17.7 Å². The molecule has 0 heterocycles. The molecule has 0 amide bonds. The molecule has 0 saturated carbocycles. The summed E-state index contributed by atoms with van der Waals surface area (Å²) in [6.07, 6.45) is 0.153. The zero-order chi connectivity index (χ0) is 19.9. The molecule has 0 atom stereocenters. The van der Waals surface area contributed by atoms with Crippen LogP contribution in [0.5, 0.6) is 5.75 Å². The Bertz CT molecular complexity index is 747. The predicted octanol–water partition coefficient (Wildman–Crippen LogP) is 4.72. The van der Waals surface area contributed by atoms with Gasteiger partial charge in [-0.15, -0.1) is 0 Å². The van der Waals surface area contributed by atoms with Gasteiger partial charge in [0.1, 0.15) is 5.75 Å². The summed E-state index contributed by atoms with van der Waals surface area (Å²) >= 11 is 0. The molecule has 146 valence electrons. The van der Waals surface area contributed by atoms with Gasteiger partial charge in [-0.2, -0.15) is 0 Å². The highest BCUT2D eigenvalue weighted by Crippen LogP contribution is 2.17. The van der Waals surface area contributed by atoms with Crippen LogP contribution in [0.15, 0.2) is 53.5 Å². The molecule has 0 aliphatic carbocycles. The van der Waals surface area contributed by atoms with E-state index < -0.39 is 0 Å². The fraction of sp³-hybridized carbons (Fsp3) is 0.409. The number of benzene rings is 2. The number of nitrogens with two attached hydrogens (primary N) is 1. The largest absolute Gasteiger partial charge is 0.491 e. The van der Waals surface area contributed by atoms with Gasteiger partial charge in [0.25, 0.3) is 0 Å². The standard InChI is InChI=1S/C22H31N3O2/c1-16(2)27-20-11-9-19(10-12-20)25-21(23)24-14-17-7-6-8-18(13-17)15-26-22(3,4)5/h6-13,16H,14-15H2,1-5H3,(H3,23,24,25). The van der Waals surface area contributed by atoms with Crippen LogP contribution >= 0.6 is 0 Å². The number of nitrogens with one attached hydrogen (secondary N) is 1. The predicted molar refractivity (Wildman–Crippen MR) is 112 cm³/mol. The van der Waals surface area contributed by atoms with Gasteiger partial charge in [0.05, 0.1) is 24.9 Å². The summed E-state index contributed by atoms with van der Waals surface area (Å²) in [5.74, 6) is 1.21. The monoisotopic (exact) mass is 369 g/mol. The Balaban J connectivity index is 1.91. The first-order chi connectivity index (χ1) is 12.7. The fourth-order valence-electron chi connectivity index (χ4n) is 2.37. The van der Waals surface area contributed by atoms with Crippen molar-refractivity contribution in [3.8, 4) is 5.75 Å². The van der Waals surface area contributed by atoms with E-state index in [2.05, 4.69) is 43.2 Å². The third kappa shape index (κ3) is 8.13. The van der Waals surface area contributed by atoms with Crippen LogP contribution in [0, 0.1) is 0 Å². The molecule has 0 saturated heterocycles. The van der Waals surface area contributed by atoms with Gasteiger partial charge in [0, 0.05) is 5.69 Å². The number of rotatable bonds is 7. The Morgan fingerprint density at radius 1 is 1.07 bits per heavy atom. The van der Waals surface area contributed by atoms with Crippen molar-refractivity contribution in [2.45, 2.75) is 59.5 Å². The maximum atomic E-state index is 6.01. The average Bonchev–Trinajstić information content (AvgIpc) is 2.59. The van der Waals surface area contributed by atoms with Gasteiger partial charge in [-0.05, 0) is 70.0 Å². The Kier molecular flexibility index (Phi) is 7.25. The first-order valence-corrected chi connectivity index (χ1v) is 9.27. The van der Waals surface area contributed by atoms with Gasteiger partial charge >= 0.3 is 0 Å². The number of guanidine groups is 1. The number of hydrogen-bond donors (Lipinski definition) is 2. The molecule has 0 unspecified atom stereocenters. The zero-order valence-corrected chi connectivity index (χ0v) is 17.0. The minimum absolute atomic E-state index is 0.153. The first-order valence-electron chi connectivity index (χ1n) is 9.27. The average molecular weight is 370 g/mol. The Hall–Kier alpha value is -2.53. The van der Waals surface area contributed by atoms with Crippen LogP contribution in [-0.2, 0) is 17.9 Å². The summed E-state index contributed by atoms with van der Waals surface area (Å²) in [6.45, 7) is 11.2. The molecule has 2 aromatic carbocycles. The summed E-state index contributed by atoms with van der Waals surface area (Å²) in [6, 6.07) is 15.9. The number of nitrogens with zero attached hydrogens (tertiary/aromatic N) is 1. The zero-order valence-electron chi connectivity index (χ0n) is 17.0. The molecule has 5 heteroatoms. The highest BCUT2D eigenvalue weighted by atomic mass is 16.5. The number of anilines is 1. The lowest BCUT2D eigenvalue weighted by Crippen LogP contribution is -2.22. The summed E-state index contributed by atoms with van der Waals surface area (Å²) in [5.41, 5.74) is 8.95. The van der Waals surface area contributed by atoms with Crippen molar-refractivity contribution in [3.05, 3.63) is 59.7 Å². The van der Waals surface area contributed by atoms with Crippen LogP contribution in [0.4, 0.5) is 5.69 Å². The van der Waals surface area contributed by atoms with Crippen LogP contribution in [0.3, 0.4) is 0 Å². The quantitative estimate of drug-likeness (QED) is 0.547. The summed E-state index contributed by atoms with van der Waals surface area (Å²) in [4.78, 5) is 4.42. The normalized spacial score (nSPS) is 12.3. The van der Waals surface area contributed by atoms with Crippen molar-refractivity contribution in [1.29, 1.82) is 0 Å². The minimum Gasteiger partial charge on any atom is -0.491 e. The van der Waals surface area contributed by atoms with Gasteiger partial charge < -0.3 is 20.5 Å². The van der Waals surface area contributed by atoms with Crippen LogP contribution in [0.1, 0.15) is 45.7 Å². The SMILES string of the molecule is CC(C)Oc1ccc(NC(N)=NCc2cccc(COC(C)(C)C)c2)cc1. The van der Waals surface area contributed by atoms with E-state index in [0.717, 1.165) is 22.6 Å². The van der Waals surface area contributed by atoms with E-state index in [0.29, 0.717) is 19.1 Å². The molecular weight excluding hydrogens is 338 g/mol. The molecule has 5 nitrogen and oxygen atoms in total. The van der Waals surface area contributed by atoms with Crippen molar-refractivity contribution in [1.82, 2.24) is 0 Å². The van der Waals surface area contributed by atoms with Gasteiger partial charge in [-0.3, -0.25) is 0 Å². The lowest BCUT2D eigenvalue weighted by Gasteiger charge is -2.19. The smallest absolute Gasteiger partial charge is 0.193 e. The van der Waals surface area contributed by atoms with Crippen molar-refractivity contribution in [2.24, 2.45) is 10.7 Å². The van der Waals surface area contributed by atoms with Crippen LogP contribution < -0.4 is 15.8 Å². The lowest BCUT2D eigenvalue weighted by molar-refractivity contribution is -0.0149. The topological polar surface area (TPSA) is 68.9 Å². The van der Waals surface area contributed by atoms with E-state index in [1.165, 1.54) is 0 Å². The number of aliphatic imine (C=N–C) groups is 1. The van der Waals surface area contributed by atoms with Crippen molar-refractivity contribution < 1.29 is 9.47 Å². The Morgan fingerprint density at radius 2 is 1.74 bits per heavy atom. The van der Waals surface area contributed by atoms with Gasteiger partial charge in [-0.1, -0.05) is 24.3 Å². The maximum absolute atomic E-state index is 6.01. The molecule has 0 aliphatic heterocycles. The maximum Gasteiger partial charge on any atom is 0.193 e. The third-order valence-corrected chi connectivity index (χ3v) is 3.59. The summed E-state index contributed by atoms with van der Waals surface area (Å²) in [5, 5.41) is 3.10. The molecule has 0 bridgehead atoms. The minimum atomic E-state index is -0.155. The highest BCUT2D eigenvalue weighted by molar-refractivity contribution is 5.92. The fourth-order valence-corrected chi connectivity index (χ4v) is 2.37.